The molecular formula is C53H36N4. The molecule has 2 heterocycles. The Kier molecular flexibility index (Phi) is 7.85. The quantitative estimate of drug-likeness (QED) is 0.182. The maximum atomic E-state index is 5.32. The molecule has 9 aromatic carbocycles. The van der Waals surface area contributed by atoms with E-state index in [4.69, 9.17) is 9.98 Å². The minimum absolute atomic E-state index is 0.329. The minimum atomic E-state index is -0.329. The lowest BCUT2D eigenvalue weighted by molar-refractivity contribution is 0.674. The molecule has 1 N–H and O–H groups in total. The number of aromatic nitrogens is 1. The first kappa shape index (κ1) is 32.8. The molecule has 0 spiro atoms. The molecule has 1 atom stereocenters. The van der Waals surface area contributed by atoms with Gasteiger partial charge < -0.3 is 9.88 Å². The molecule has 268 valence electrons. The second kappa shape index (κ2) is 13.6. The van der Waals surface area contributed by atoms with Crippen molar-refractivity contribution in [3.8, 4) is 27.9 Å². The van der Waals surface area contributed by atoms with Crippen molar-refractivity contribution in [2.75, 3.05) is 0 Å². The highest BCUT2D eigenvalue weighted by Crippen LogP contribution is 2.38. The maximum absolute atomic E-state index is 5.32. The maximum Gasteiger partial charge on any atom is 0.160 e. The highest BCUT2D eigenvalue weighted by molar-refractivity contribution is 6.21. The zero-order chi connectivity index (χ0) is 37.7. The second-order valence-corrected chi connectivity index (χ2v) is 14.6. The third kappa shape index (κ3) is 5.78. The van der Waals surface area contributed by atoms with E-state index in [2.05, 4.69) is 210 Å². The molecule has 1 unspecified atom stereocenters. The number of hydrogen-bond donors (Lipinski definition) is 1. The fourth-order valence-electron chi connectivity index (χ4n) is 8.47. The van der Waals surface area contributed by atoms with Crippen molar-refractivity contribution < 1.29 is 0 Å². The van der Waals surface area contributed by atoms with Gasteiger partial charge in [0.2, 0.25) is 0 Å². The molecule has 0 aliphatic carbocycles. The predicted octanol–water partition coefficient (Wildman–Crippen LogP) is 12.9. The smallest absolute Gasteiger partial charge is 0.160 e. The van der Waals surface area contributed by atoms with Crippen LogP contribution in [0.25, 0.3) is 71.3 Å². The second-order valence-electron chi connectivity index (χ2n) is 14.6. The van der Waals surface area contributed by atoms with Gasteiger partial charge in [-0.3, -0.25) is 0 Å². The van der Waals surface area contributed by atoms with Gasteiger partial charge in [0.1, 0.15) is 12.0 Å². The fourth-order valence-corrected chi connectivity index (χ4v) is 8.47. The molecular weight excluding hydrogens is 693 g/mol. The van der Waals surface area contributed by atoms with E-state index in [-0.39, 0.29) is 6.17 Å². The van der Waals surface area contributed by atoms with Crippen molar-refractivity contribution in [2.45, 2.75) is 6.17 Å². The van der Waals surface area contributed by atoms with Crippen LogP contribution in [0, 0.1) is 0 Å². The molecule has 0 radical (unpaired) electrons. The van der Waals surface area contributed by atoms with Crippen LogP contribution in [-0.2, 0) is 0 Å². The average molecular weight is 729 g/mol. The summed E-state index contributed by atoms with van der Waals surface area (Å²) in [6, 6.07) is 73.5. The van der Waals surface area contributed by atoms with Crippen molar-refractivity contribution in [3.63, 3.8) is 0 Å². The molecule has 57 heavy (non-hydrogen) atoms. The van der Waals surface area contributed by atoms with Crippen molar-refractivity contribution >= 4 is 55.0 Å². The molecule has 1 aliphatic rings. The zero-order valence-electron chi connectivity index (χ0n) is 31.0. The summed E-state index contributed by atoms with van der Waals surface area (Å²) < 4.78 is 2.40. The van der Waals surface area contributed by atoms with Gasteiger partial charge in [-0.05, 0) is 79.7 Å². The van der Waals surface area contributed by atoms with Crippen molar-refractivity contribution in [2.24, 2.45) is 9.98 Å². The molecule has 11 rings (SSSR count). The Morgan fingerprint density at radius 1 is 0.421 bits per heavy atom. The molecule has 4 nitrogen and oxygen atoms in total. The number of fused-ring (bicyclic) bond motifs is 6. The standard InChI is InChI=1S/C53H36N4/c1-2-15-38(16-3-1)51-54-52(39-28-25-36(26-29-39)41-30-27-35-13-4-5-17-40(35)33-41)56-53(55-51)46-22-9-8-20-44(46)42-18-12-19-43(34-42)57-48-24-11-10-23-47(48)50-45-21-7-6-14-37(45)31-32-49(50)57/h1-34,52H,(H,54,55,56). The molecule has 0 bridgehead atoms. The Labute approximate surface area is 330 Å². The Balaban J connectivity index is 1.01. The number of amidine groups is 2. The number of benzene rings is 9. The normalized spacial score (nSPS) is 14.1. The van der Waals surface area contributed by atoms with Gasteiger partial charge in [0.25, 0.3) is 0 Å². The van der Waals surface area contributed by atoms with E-state index in [1.54, 1.807) is 0 Å². The highest BCUT2D eigenvalue weighted by atomic mass is 15.2. The van der Waals surface area contributed by atoms with Gasteiger partial charge in [-0.15, -0.1) is 0 Å². The summed E-state index contributed by atoms with van der Waals surface area (Å²) in [7, 11) is 0. The third-order valence-electron chi connectivity index (χ3n) is 11.2. The van der Waals surface area contributed by atoms with Crippen molar-refractivity contribution in [3.05, 3.63) is 223 Å². The van der Waals surface area contributed by atoms with E-state index in [1.807, 2.05) is 6.07 Å². The highest BCUT2D eigenvalue weighted by Gasteiger charge is 2.23. The van der Waals surface area contributed by atoms with E-state index in [1.165, 1.54) is 54.5 Å². The SMILES string of the molecule is c1ccc(C2=NC(c3ccccc3-c3cccc(-n4c5ccccc5c5c6ccccc6ccc54)c3)=NC(c3ccc(-c4ccc5ccccc5c4)cc3)N2)cc1. The van der Waals surface area contributed by atoms with Crippen LogP contribution < -0.4 is 5.32 Å². The Morgan fingerprint density at radius 2 is 1.09 bits per heavy atom. The third-order valence-corrected chi connectivity index (χ3v) is 11.2. The van der Waals surface area contributed by atoms with Gasteiger partial charge in [-0.1, -0.05) is 176 Å². The van der Waals surface area contributed by atoms with Gasteiger partial charge in [0.15, 0.2) is 5.84 Å². The molecule has 1 aliphatic heterocycles. The number of hydrogen-bond acceptors (Lipinski definition) is 3. The van der Waals surface area contributed by atoms with Crippen LogP contribution in [0.5, 0.6) is 0 Å². The molecule has 4 heteroatoms. The van der Waals surface area contributed by atoms with Gasteiger partial charge in [0, 0.05) is 27.6 Å². The molecule has 0 saturated carbocycles. The fraction of sp³-hybridized carbons (Fsp3) is 0.0189. The first-order valence-corrected chi connectivity index (χ1v) is 19.4. The predicted molar refractivity (Wildman–Crippen MR) is 238 cm³/mol. The largest absolute Gasteiger partial charge is 0.344 e. The number of nitrogens with zero attached hydrogens (tertiary/aromatic N) is 3. The lowest BCUT2D eigenvalue weighted by Crippen LogP contribution is -2.33. The van der Waals surface area contributed by atoms with Crippen LogP contribution in [0.15, 0.2) is 216 Å². The number of aliphatic imine (C=N–C) groups is 2. The van der Waals surface area contributed by atoms with Crippen LogP contribution in [-0.4, -0.2) is 16.2 Å². The minimum Gasteiger partial charge on any atom is -0.344 e. The molecule has 1 aromatic heterocycles. The van der Waals surface area contributed by atoms with Crippen LogP contribution in [0.1, 0.15) is 22.9 Å². The van der Waals surface area contributed by atoms with Crippen molar-refractivity contribution in [1.82, 2.24) is 9.88 Å². The lowest BCUT2D eigenvalue weighted by atomic mass is 9.97. The van der Waals surface area contributed by atoms with Crippen LogP contribution in [0.3, 0.4) is 0 Å². The summed E-state index contributed by atoms with van der Waals surface area (Å²) in [5, 5.41) is 11.2. The monoisotopic (exact) mass is 728 g/mol. The van der Waals surface area contributed by atoms with Gasteiger partial charge in [0.05, 0.1) is 11.0 Å². The van der Waals surface area contributed by atoms with E-state index < -0.39 is 0 Å². The van der Waals surface area contributed by atoms with Crippen molar-refractivity contribution in [1.29, 1.82) is 0 Å². The van der Waals surface area contributed by atoms with Crippen LogP contribution in [0.2, 0.25) is 0 Å². The van der Waals surface area contributed by atoms with Crippen LogP contribution in [0.4, 0.5) is 0 Å². The molecule has 0 fully saturated rings. The van der Waals surface area contributed by atoms with E-state index in [0.29, 0.717) is 5.84 Å². The van der Waals surface area contributed by atoms with E-state index in [0.717, 1.165) is 39.3 Å². The van der Waals surface area contributed by atoms with Gasteiger partial charge in [-0.2, -0.15) is 0 Å². The van der Waals surface area contributed by atoms with Gasteiger partial charge in [-0.25, -0.2) is 9.98 Å². The van der Waals surface area contributed by atoms with Gasteiger partial charge >= 0.3 is 0 Å². The Hall–Kier alpha value is -7.56. The first-order chi connectivity index (χ1) is 28.2. The average Bonchev–Trinajstić information content (AvgIpc) is 3.64. The molecule has 0 saturated heterocycles. The molecule has 10 aromatic rings. The summed E-state index contributed by atoms with van der Waals surface area (Å²) in [5.41, 5.74) is 11.1. The summed E-state index contributed by atoms with van der Waals surface area (Å²) >= 11 is 0. The first-order valence-electron chi connectivity index (χ1n) is 19.4. The summed E-state index contributed by atoms with van der Waals surface area (Å²) in [4.78, 5) is 10.5. The summed E-state index contributed by atoms with van der Waals surface area (Å²) in [6.45, 7) is 0. The zero-order valence-corrected chi connectivity index (χ0v) is 31.0. The van der Waals surface area contributed by atoms with Crippen LogP contribution >= 0.6 is 0 Å². The number of nitrogens with one attached hydrogen (secondary N) is 1. The number of para-hydroxylation sites is 1. The summed E-state index contributed by atoms with van der Waals surface area (Å²) in [5.74, 6) is 1.49. The van der Waals surface area contributed by atoms with E-state index in [9.17, 15) is 0 Å². The summed E-state index contributed by atoms with van der Waals surface area (Å²) in [6.07, 6.45) is -0.329. The topological polar surface area (TPSA) is 41.7 Å². The Morgan fingerprint density at radius 3 is 1.95 bits per heavy atom. The lowest BCUT2D eigenvalue weighted by Gasteiger charge is -2.24. The Bertz CT molecular complexity index is 3210. The number of rotatable bonds is 6. The molecule has 0 amide bonds. The van der Waals surface area contributed by atoms with E-state index >= 15 is 0 Å².